The monoisotopic (exact) mass is 371 g/mol. The molecular weight excluding hydrogens is 338 g/mol. The van der Waals surface area contributed by atoms with Crippen molar-refractivity contribution in [1.82, 2.24) is 0 Å². The van der Waals surface area contributed by atoms with Gasteiger partial charge < -0.3 is 4.90 Å². The minimum atomic E-state index is 0.126. The molecule has 1 nitrogen and oxygen atoms in total. The van der Waals surface area contributed by atoms with E-state index in [1.54, 1.807) is 0 Å². The molecule has 1 heterocycles. The van der Waals surface area contributed by atoms with Gasteiger partial charge in [-0.05, 0) is 60.6 Å². The van der Waals surface area contributed by atoms with Crippen LogP contribution in [0.1, 0.15) is 57.7 Å². The predicted molar refractivity (Wildman–Crippen MR) is 123 cm³/mol. The number of anilines is 1. The van der Waals surface area contributed by atoms with Crippen LogP contribution in [0.25, 0.3) is 10.8 Å². The molecule has 1 heteroatoms. The van der Waals surface area contributed by atoms with Gasteiger partial charge in [-0.15, -0.1) is 0 Å². The van der Waals surface area contributed by atoms with Crippen LogP contribution in [-0.2, 0) is 18.3 Å². The van der Waals surface area contributed by atoms with E-state index in [0.717, 1.165) is 25.8 Å². The maximum Gasteiger partial charge on any atom is 0.0435 e. The van der Waals surface area contributed by atoms with E-state index in [-0.39, 0.29) is 11.0 Å². The Morgan fingerprint density at radius 2 is 1.39 bits per heavy atom. The second-order valence-electron chi connectivity index (χ2n) is 9.29. The van der Waals surface area contributed by atoms with Crippen molar-refractivity contribution in [3.05, 3.63) is 77.4 Å². The van der Waals surface area contributed by atoms with E-state index in [9.17, 15) is 0 Å². The van der Waals surface area contributed by atoms with Crippen LogP contribution in [0.2, 0.25) is 0 Å². The summed E-state index contributed by atoms with van der Waals surface area (Å²) in [5.41, 5.74) is 6.20. The van der Waals surface area contributed by atoms with Crippen molar-refractivity contribution >= 4 is 16.5 Å². The van der Waals surface area contributed by atoms with Crippen molar-refractivity contribution in [1.29, 1.82) is 0 Å². The lowest BCUT2D eigenvalue weighted by Crippen LogP contribution is -2.39. The molecule has 28 heavy (non-hydrogen) atoms. The summed E-state index contributed by atoms with van der Waals surface area (Å²) in [6, 6.07) is 22.5. The first-order valence-corrected chi connectivity index (χ1v) is 10.8. The van der Waals surface area contributed by atoms with E-state index in [0.29, 0.717) is 0 Å². The molecule has 146 valence electrons. The first kappa shape index (κ1) is 19.1. The van der Waals surface area contributed by atoms with E-state index >= 15 is 0 Å². The summed E-state index contributed by atoms with van der Waals surface area (Å²) >= 11 is 0. The van der Waals surface area contributed by atoms with Crippen molar-refractivity contribution in [2.45, 2.75) is 64.8 Å². The minimum Gasteiger partial charge on any atom is -0.365 e. The lowest BCUT2D eigenvalue weighted by Gasteiger charge is -2.36. The van der Waals surface area contributed by atoms with Crippen molar-refractivity contribution in [2.75, 3.05) is 11.4 Å². The SMILES string of the molecule is CCc1cccc(CC)c1N1C[C@@](C)(c2cccc3ccccc23)CC1(C)C. The van der Waals surface area contributed by atoms with Crippen LogP contribution in [0.3, 0.4) is 0 Å². The summed E-state index contributed by atoms with van der Waals surface area (Å²) in [4.78, 5) is 2.71. The fraction of sp³-hybridized carbons (Fsp3) is 0.407. The average Bonchev–Trinajstić information content (AvgIpc) is 2.96. The second-order valence-corrected chi connectivity index (χ2v) is 9.29. The van der Waals surface area contributed by atoms with E-state index in [1.165, 1.54) is 33.2 Å². The predicted octanol–water partition coefficient (Wildman–Crippen LogP) is 6.91. The fourth-order valence-electron chi connectivity index (χ4n) is 5.54. The van der Waals surface area contributed by atoms with E-state index in [1.807, 2.05) is 0 Å². The zero-order valence-corrected chi connectivity index (χ0v) is 18.0. The smallest absolute Gasteiger partial charge is 0.0435 e. The quantitative estimate of drug-likeness (QED) is 0.481. The van der Waals surface area contributed by atoms with Gasteiger partial charge in [0, 0.05) is 23.2 Å². The number of nitrogens with zero attached hydrogens (tertiary/aromatic N) is 1. The average molecular weight is 372 g/mol. The molecule has 1 saturated heterocycles. The van der Waals surface area contributed by atoms with Crippen LogP contribution in [-0.4, -0.2) is 12.1 Å². The van der Waals surface area contributed by atoms with Crippen LogP contribution in [0.4, 0.5) is 5.69 Å². The second kappa shape index (κ2) is 6.95. The third-order valence-electron chi connectivity index (χ3n) is 6.74. The highest BCUT2D eigenvalue weighted by molar-refractivity contribution is 5.87. The Bertz CT molecular complexity index is 973. The molecule has 1 atom stereocenters. The third-order valence-corrected chi connectivity index (χ3v) is 6.74. The molecule has 4 rings (SSSR count). The standard InChI is InChI=1S/C27H33N/c1-6-20-13-10-14-21(7-2)25(20)28-19-27(5,18-26(28,3)4)24-17-11-15-22-12-8-9-16-23(22)24/h8-17H,6-7,18-19H2,1-5H3/t27-/m0/s1. The van der Waals surface area contributed by atoms with Gasteiger partial charge >= 0.3 is 0 Å². The molecule has 0 spiro atoms. The largest absolute Gasteiger partial charge is 0.365 e. The Kier molecular flexibility index (Phi) is 4.73. The molecule has 3 aromatic rings. The van der Waals surface area contributed by atoms with Gasteiger partial charge in [-0.25, -0.2) is 0 Å². The molecule has 1 aliphatic heterocycles. The van der Waals surface area contributed by atoms with Gasteiger partial charge in [0.05, 0.1) is 0 Å². The van der Waals surface area contributed by atoms with E-state index < -0.39 is 0 Å². The van der Waals surface area contributed by atoms with Gasteiger partial charge in [-0.2, -0.15) is 0 Å². The van der Waals surface area contributed by atoms with Gasteiger partial charge in [0.2, 0.25) is 0 Å². The minimum absolute atomic E-state index is 0.126. The highest BCUT2D eigenvalue weighted by Gasteiger charge is 2.47. The summed E-state index contributed by atoms with van der Waals surface area (Å²) in [5, 5.41) is 2.75. The maximum absolute atomic E-state index is 2.71. The molecule has 1 aliphatic rings. The van der Waals surface area contributed by atoms with Crippen LogP contribution in [0, 0.1) is 0 Å². The maximum atomic E-state index is 2.71. The van der Waals surface area contributed by atoms with Crippen molar-refractivity contribution in [3.8, 4) is 0 Å². The van der Waals surface area contributed by atoms with Crippen molar-refractivity contribution in [3.63, 3.8) is 0 Å². The number of benzene rings is 3. The summed E-state index contributed by atoms with van der Waals surface area (Å²) in [6.45, 7) is 13.0. The molecule has 0 aromatic heterocycles. The number of hydrogen-bond acceptors (Lipinski definition) is 1. The molecular formula is C27H33N. The summed E-state index contributed by atoms with van der Waals surface area (Å²) < 4.78 is 0. The Labute approximate surface area is 170 Å². The Morgan fingerprint density at radius 1 is 0.786 bits per heavy atom. The Hall–Kier alpha value is -2.28. The third kappa shape index (κ3) is 3.02. The first-order chi connectivity index (χ1) is 13.4. The molecule has 1 fully saturated rings. The van der Waals surface area contributed by atoms with Crippen LogP contribution in [0.15, 0.2) is 60.7 Å². The number of rotatable bonds is 4. The van der Waals surface area contributed by atoms with Crippen LogP contribution in [0.5, 0.6) is 0 Å². The molecule has 0 aliphatic carbocycles. The molecule has 3 aromatic carbocycles. The topological polar surface area (TPSA) is 3.24 Å². The van der Waals surface area contributed by atoms with Gasteiger partial charge in [0.15, 0.2) is 0 Å². The Balaban J connectivity index is 1.85. The van der Waals surface area contributed by atoms with Gasteiger partial charge in [-0.3, -0.25) is 0 Å². The van der Waals surface area contributed by atoms with E-state index in [4.69, 9.17) is 0 Å². The normalized spacial score (nSPS) is 21.4. The summed E-state index contributed by atoms with van der Waals surface area (Å²) in [6.07, 6.45) is 3.33. The molecule has 0 N–H and O–H groups in total. The van der Waals surface area contributed by atoms with Crippen LogP contribution < -0.4 is 4.90 Å². The zero-order valence-electron chi connectivity index (χ0n) is 18.0. The number of hydrogen-bond donors (Lipinski definition) is 0. The first-order valence-electron chi connectivity index (χ1n) is 10.8. The van der Waals surface area contributed by atoms with Gasteiger partial charge in [0.25, 0.3) is 0 Å². The van der Waals surface area contributed by atoms with Gasteiger partial charge in [0.1, 0.15) is 0 Å². The lowest BCUT2D eigenvalue weighted by atomic mass is 9.76. The van der Waals surface area contributed by atoms with Crippen molar-refractivity contribution in [2.24, 2.45) is 0 Å². The number of para-hydroxylation sites is 1. The van der Waals surface area contributed by atoms with E-state index in [2.05, 4.69) is 100 Å². The van der Waals surface area contributed by atoms with Crippen LogP contribution >= 0.6 is 0 Å². The number of aryl methyl sites for hydroxylation is 2. The zero-order chi connectivity index (χ0) is 19.9. The van der Waals surface area contributed by atoms with Crippen molar-refractivity contribution < 1.29 is 0 Å². The Morgan fingerprint density at radius 3 is 2.07 bits per heavy atom. The van der Waals surface area contributed by atoms with Gasteiger partial charge in [-0.1, -0.05) is 81.4 Å². The molecule has 0 unspecified atom stereocenters. The molecule has 0 amide bonds. The molecule has 0 bridgehead atoms. The molecule has 0 saturated carbocycles. The lowest BCUT2D eigenvalue weighted by molar-refractivity contribution is 0.447. The summed E-state index contributed by atoms with van der Waals surface area (Å²) in [7, 11) is 0. The highest BCUT2D eigenvalue weighted by Crippen LogP contribution is 2.48. The fourth-order valence-corrected chi connectivity index (χ4v) is 5.54. The molecule has 0 radical (unpaired) electrons. The highest BCUT2D eigenvalue weighted by atomic mass is 15.2. The summed E-state index contributed by atoms with van der Waals surface area (Å²) in [5.74, 6) is 0. The number of fused-ring (bicyclic) bond motifs is 1.